The molecule has 1 aliphatic rings. The van der Waals surface area contributed by atoms with E-state index in [1.54, 1.807) is 6.20 Å². The van der Waals surface area contributed by atoms with Crippen LogP contribution >= 0.6 is 0 Å². The molecule has 3 rings (SSSR count). The van der Waals surface area contributed by atoms with Gasteiger partial charge in [-0.3, -0.25) is 4.79 Å². The van der Waals surface area contributed by atoms with Crippen molar-refractivity contribution in [1.82, 2.24) is 14.9 Å². The van der Waals surface area contributed by atoms with Gasteiger partial charge in [0.05, 0.1) is 0 Å². The summed E-state index contributed by atoms with van der Waals surface area (Å²) in [6.07, 6.45) is 4.66. The number of aryl methyl sites for hydroxylation is 1. The van der Waals surface area contributed by atoms with Crippen LogP contribution in [0.2, 0.25) is 0 Å². The van der Waals surface area contributed by atoms with E-state index in [-0.39, 0.29) is 17.9 Å². The van der Waals surface area contributed by atoms with Crippen molar-refractivity contribution in [3.63, 3.8) is 0 Å². The minimum Gasteiger partial charge on any atom is -0.342 e. The summed E-state index contributed by atoms with van der Waals surface area (Å²) in [7, 11) is 1.95. The molecule has 3 unspecified atom stereocenters. The summed E-state index contributed by atoms with van der Waals surface area (Å²) in [5, 5.41) is 3.15. The molecule has 1 saturated carbocycles. The van der Waals surface area contributed by atoms with E-state index in [2.05, 4.69) is 17.2 Å². The van der Waals surface area contributed by atoms with Crippen molar-refractivity contribution in [2.24, 2.45) is 18.9 Å². The lowest BCUT2D eigenvalue weighted by Crippen LogP contribution is -2.32. The Hall–Kier alpha value is -2.10. The predicted octanol–water partition coefficient (Wildman–Crippen LogP) is 2.28. The lowest BCUT2D eigenvalue weighted by atomic mass is 10.1. The van der Waals surface area contributed by atoms with Crippen LogP contribution in [-0.4, -0.2) is 15.5 Å². The molecule has 1 heterocycles. The molecular formula is C16H19N3O. The minimum atomic E-state index is -0.184. The summed E-state index contributed by atoms with van der Waals surface area (Å²) in [4.78, 5) is 16.7. The third-order valence-electron chi connectivity index (χ3n) is 3.98. The summed E-state index contributed by atoms with van der Waals surface area (Å²) in [6, 6.07) is 9.81. The molecule has 1 amide bonds. The van der Waals surface area contributed by atoms with Gasteiger partial charge in [-0.05, 0) is 17.9 Å². The molecule has 0 spiro atoms. The van der Waals surface area contributed by atoms with Crippen molar-refractivity contribution in [1.29, 1.82) is 0 Å². The molecule has 0 radical (unpaired) electrons. The quantitative estimate of drug-likeness (QED) is 0.925. The van der Waals surface area contributed by atoms with Crippen molar-refractivity contribution in [3.8, 4) is 0 Å². The Kier molecular flexibility index (Phi) is 3.30. The molecule has 3 atom stereocenters. The average molecular weight is 269 g/mol. The van der Waals surface area contributed by atoms with E-state index < -0.39 is 0 Å². The molecule has 1 aliphatic carbocycles. The first-order valence-corrected chi connectivity index (χ1v) is 6.99. The van der Waals surface area contributed by atoms with Gasteiger partial charge in [-0.2, -0.15) is 0 Å². The molecule has 0 bridgehead atoms. The maximum atomic E-state index is 12.3. The van der Waals surface area contributed by atoms with E-state index >= 15 is 0 Å². The molecule has 1 aromatic heterocycles. The van der Waals surface area contributed by atoms with E-state index in [4.69, 9.17) is 0 Å². The van der Waals surface area contributed by atoms with Crippen molar-refractivity contribution < 1.29 is 4.79 Å². The number of nitrogens with one attached hydrogen (secondary N) is 1. The molecule has 1 aromatic carbocycles. The van der Waals surface area contributed by atoms with Crippen molar-refractivity contribution in [2.75, 3.05) is 0 Å². The molecule has 2 aromatic rings. The fourth-order valence-electron chi connectivity index (χ4n) is 2.53. The van der Waals surface area contributed by atoms with E-state index in [1.165, 1.54) is 0 Å². The van der Waals surface area contributed by atoms with Crippen molar-refractivity contribution in [3.05, 3.63) is 54.1 Å². The van der Waals surface area contributed by atoms with Crippen LogP contribution in [0, 0.1) is 11.8 Å². The summed E-state index contributed by atoms with van der Waals surface area (Å²) < 4.78 is 1.95. The molecule has 1 fully saturated rings. The standard InChI is InChI=1S/C16H19N3O/c1-11-10-13(11)16(20)18-14(12-6-4-3-5-7-12)15-17-8-9-19(15)2/h3-9,11,13-14H,10H2,1-2H3,(H,18,20). The van der Waals surface area contributed by atoms with E-state index in [9.17, 15) is 4.79 Å². The van der Waals surface area contributed by atoms with Crippen molar-refractivity contribution in [2.45, 2.75) is 19.4 Å². The molecular weight excluding hydrogens is 250 g/mol. The van der Waals surface area contributed by atoms with Gasteiger partial charge in [-0.15, -0.1) is 0 Å². The van der Waals surface area contributed by atoms with Crippen LogP contribution in [-0.2, 0) is 11.8 Å². The molecule has 1 N–H and O–H groups in total. The van der Waals surface area contributed by atoms with Gasteiger partial charge in [-0.1, -0.05) is 37.3 Å². The highest BCUT2D eigenvalue weighted by molar-refractivity contribution is 5.82. The summed E-state index contributed by atoms with van der Waals surface area (Å²) in [5.41, 5.74) is 1.06. The van der Waals surface area contributed by atoms with Gasteiger partial charge in [0.2, 0.25) is 5.91 Å². The first kappa shape index (κ1) is 12.9. The lowest BCUT2D eigenvalue weighted by molar-refractivity contribution is -0.123. The van der Waals surface area contributed by atoms with Crippen LogP contribution in [0.4, 0.5) is 0 Å². The Morgan fingerprint density at radius 1 is 1.40 bits per heavy atom. The zero-order valence-electron chi connectivity index (χ0n) is 11.8. The Balaban J connectivity index is 1.88. The lowest BCUT2D eigenvalue weighted by Gasteiger charge is -2.19. The number of nitrogens with zero attached hydrogens (tertiary/aromatic N) is 2. The van der Waals surface area contributed by atoms with Gasteiger partial charge < -0.3 is 9.88 Å². The molecule has 20 heavy (non-hydrogen) atoms. The highest BCUT2D eigenvalue weighted by atomic mass is 16.2. The van der Waals surface area contributed by atoms with Gasteiger partial charge in [0.1, 0.15) is 11.9 Å². The topological polar surface area (TPSA) is 46.9 Å². The maximum absolute atomic E-state index is 12.3. The Morgan fingerprint density at radius 3 is 2.65 bits per heavy atom. The fraction of sp³-hybridized carbons (Fsp3) is 0.375. The second-order valence-corrected chi connectivity index (χ2v) is 5.57. The smallest absolute Gasteiger partial charge is 0.224 e. The average Bonchev–Trinajstić information content (AvgIpc) is 3.04. The largest absolute Gasteiger partial charge is 0.342 e. The normalized spacial score (nSPS) is 22.3. The Labute approximate surface area is 118 Å². The van der Waals surface area contributed by atoms with E-state index in [0.29, 0.717) is 5.92 Å². The predicted molar refractivity (Wildman–Crippen MR) is 76.9 cm³/mol. The highest BCUT2D eigenvalue weighted by Crippen LogP contribution is 2.38. The van der Waals surface area contributed by atoms with Crippen LogP contribution in [0.15, 0.2) is 42.7 Å². The first-order chi connectivity index (χ1) is 9.66. The number of aromatic nitrogens is 2. The molecule has 104 valence electrons. The van der Waals surface area contributed by atoms with Crippen LogP contribution < -0.4 is 5.32 Å². The second-order valence-electron chi connectivity index (χ2n) is 5.57. The van der Waals surface area contributed by atoms with Gasteiger partial charge >= 0.3 is 0 Å². The SMILES string of the molecule is CC1CC1C(=O)NC(c1ccccc1)c1nccn1C. The first-order valence-electron chi connectivity index (χ1n) is 6.99. The van der Waals surface area contributed by atoms with E-state index in [0.717, 1.165) is 17.8 Å². The number of benzene rings is 1. The van der Waals surface area contributed by atoms with Crippen LogP contribution in [0.1, 0.15) is 30.8 Å². The third-order valence-corrected chi connectivity index (χ3v) is 3.98. The maximum Gasteiger partial charge on any atom is 0.224 e. The third kappa shape index (κ3) is 2.46. The minimum absolute atomic E-state index is 0.134. The van der Waals surface area contributed by atoms with Crippen molar-refractivity contribution >= 4 is 5.91 Å². The summed E-state index contributed by atoms with van der Waals surface area (Å²) >= 11 is 0. The Morgan fingerprint density at radius 2 is 2.10 bits per heavy atom. The molecule has 0 saturated heterocycles. The number of rotatable bonds is 4. The fourth-order valence-corrected chi connectivity index (χ4v) is 2.53. The second kappa shape index (κ2) is 5.12. The molecule has 0 aliphatic heterocycles. The van der Waals surface area contributed by atoms with Crippen LogP contribution in [0.5, 0.6) is 0 Å². The molecule has 4 heteroatoms. The van der Waals surface area contributed by atoms with Gasteiger partial charge in [0, 0.05) is 25.4 Å². The number of amides is 1. The number of hydrogen-bond donors (Lipinski definition) is 1. The van der Waals surface area contributed by atoms with Crippen LogP contribution in [0.25, 0.3) is 0 Å². The number of imidazole rings is 1. The number of carbonyl (C=O) groups is 1. The van der Waals surface area contributed by atoms with Gasteiger partial charge in [-0.25, -0.2) is 4.98 Å². The van der Waals surface area contributed by atoms with Gasteiger partial charge in [0.15, 0.2) is 0 Å². The zero-order valence-corrected chi connectivity index (χ0v) is 11.8. The van der Waals surface area contributed by atoms with E-state index in [1.807, 2.05) is 48.1 Å². The number of hydrogen-bond acceptors (Lipinski definition) is 2. The monoisotopic (exact) mass is 269 g/mol. The molecule has 4 nitrogen and oxygen atoms in total. The number of carbonyl (C=O) groups excluding carboxylic acids is 1. The zero-order chi connectivity index (χ0) is 14.1. The summed E-state index contributed by atoms with van der Waals surface area (Å²) in [5.74, 6) is 1.67. The Bertz CT molecular complexity index is 605. The van der Waals surface area contributed by atoms with Gasteiger partial charge in [0.25, 0.3) is 0 Å². The summed E-state index contributed by atoms with van der Waals surface area (Å²) in [6.45, 7) is 2.11. The highest BCUT2D eigenvalue weighted by Gasteiger charge is 2.40. The van der Waals surface area contributed by atoms with Crippen LogP contribution in [0.3, 0.4) is 0 Å².